The van der Waals surface area contributed by atoms with Gasteiger partial charge in [0.05, 0.1) is 11.9 Å². The molecule has 74 valence electrons. The first-order valence-corrected chi connectivity index (χ1v) is 4.70. The van der Waals surface area contributed by atoms with Crippen LogP contribution in [0.1, 0.15) is 5.69 Å². The first kappa shape index (κ1) is 8.16. The zero-order chi connectivity index (χ0) is 10.1. The average Bonchev–Trinajstić information content (AvgIpc) is 2.74. The third-order valence-electron chi connectivity index (χ3n) is 2.25. The van der Waals surface area contributed by atoms with Crippen molar-refractivity contribution in [2.45, 2.75) is 0 Å². The average molecular weight is 199 g/mol. The summed E-state index contributed by atoms with van der Waals surface area (Å²) in [4.78, 5) is 4.07. The molecule has 0 saturated carbocycles. The van der Waals surface area contributed by atoms with Crippen molar-refractivity contribution in [3.8, 4) is 5.69 Å². The Balaban J connectivity index is 2.14. The second-order valence-corrected chi connectivity index (χ2v) is 3.22. The Morgan fingerprint density at radius 2 is 2.07 bits per heavy atom. The van der Waals surface area contributed by atoms with Gasteiger partial charge < -0.3 is 5.32 Å². The molecule has 0 saturated heterocycles. The van der Waals surface area contributed by atoms with Gasteiger partial charge in [-0.2, -0.15) is 4.68 Å². The summed E-state index contributed by atoms with van der Waals surface area (Å²) in [6.45, 7) is 0.577. The number of fused-ring (bicyclic) bond motifs is 1. The van der Waals surface area contributed by atoms with Crippen molar-refractivity contribution in [3.63, 3.8) is 0 Å². The molecule has 2 aromatic rings. The van der Waals surface area contributed by atoms with Crippen LogP contribution in [0.3, 0.4) is 0 Å². The molecule has 0 aliphatic carbocycles. The fraction of sp³-hybridized carbons (Fsp3) is 0.100. The molecule has 5 nitrogen and oxygen atoms in total. The maximum Gasteiger partial charge on any atom is 0.160 e. The quantitative estimate of drug-likeness (QED) is 0.747. The van der Waals surface area contributed by atoms with Gasteiger partial charge in [0.1, 0.15) is 12.4 Å². The van der Waals surface area contributed by atoms with E-state index in [1.807, 2.05) is 30.3 Å². The Morgan fingerprint density at radius 1 is 1.20 bits per heavy atom. The molecule has 3 rings (SSSR count). The van der Waals surface area contributed by atoms with Crippen molar-refractivity contribution in [2.24, 2.45) is 4.99 Å². The predicted molar refractivity (Wildman–Crippen MR) is 57.4 cm³/mol. The van der Waals surface area contributed by atoms with Gasteiger partial charge in [0.15, 0.2) is 5.82 Å². The van der Waals surface area contributed by atoms with Crippen molar-refractivity contribution in [3.05, 3.63) is 36.0 Å². The van der Waals surface area contributed by atoms with Crippen LogP contribution in [0.2, 0.25) is 0 Å². The van der Waals surface area contributed by atoms with E-state index in [1.165, 1.54) is 0 Å². The molecule has 1 aliphatic heterocycles. The van der Waals surface area contributed by atoms with Crippen LogP contribution in [0, 0.1) is 0 Å². The number of para-hydroxylation sites is 1. The Morgan fingerprint density at radius 3 is 2.93 bits per heavy atom. The third kappa shape index (κ3) is 1.28. The summed E-state index contributed by atoms with van der Waals surface area (Å²) in [6.07, 6.45) is 1.73. The van der Waals surface area contributed by atoms with Crippen molar-refractivity contribution in [1.29, 1.82) is 0 Å². The SMILES string of the molecule is C1=NCNc2c1nnn2-c1ccccc1. The number of nitrogens with one attached hydrogen (secondary N) is 1. The fourth-order valence-electron chi connectivity index (χ4n) is 1.55. The molecular formula is C10H9N5. The van der Waals surface area contributed by atoms with Gasteiger partial charge in [-0.3, -0.25) is 4.99 Å². The van der Waals surface area contributed by atoms with E-state index in [0.717, 1.165) is 17.2 Å². The van der Waals surface area contributed by atoms with Crippen molar-refractivity contribution < 1.29 is 0 Å². The Labute approximate surface area is 86.5 Å². The molecule has 0 atom stereocenters. The van der Waals surface area contributed by atoms with Crippen molar-refractivity contribution in [2.75, 3.05) is 12.0 Å². The molecule has 1 aromatic heterocycles. The van der Waals surface area contributed by atoms with E-state index in [0.29, 0.717) is 6.67 Å². The lowest BCUT2D eigenvalue weighted by molar-refractivity contribution is 0.804. The Kier molecular flexibility index (Phi) is 1.74. The molecule has 0 fully saturated rings. The van der Waals surface area contributed by atoms with Gasteiger partial charge in [-0.25, -0.2) is 0 Å². The number of hydrogen-bond acceptors (Lipinski definition) is 4. The third-order valence-corrected chi connectivity index (χ3v) is 2.25. The largest absolute Gasteiger partial charge is 0.349 e. The number of anilines is 1. The van der Waals surface area contributed by atoms with Crippen LogP contribution in [-0.4, -0.2) is 27.9 Å². The summed E-state index contributed by atoms with van der Waals surface area (Å²) in [7, 11) is 0. The van der Waals surface area contributed by atoms with Crippen LogP contribution in [-0.2, 0) is 0 Å². The Bertz CT molecular complexity index is 500. The molecule has 0 radical (unpaired) electrons. The highest BCUT2D eigenvalue weighted by Gasteiger charge is 2.14. The molecule has 1 aliphatic rings. The minimum atomic E-state index is 0.577. The predicted octanol–water partition coefficient (Wildman–Crippen LogP) is 1.07. The lowest BCUT2D eigenvalue weighted by Crippen LogP contribution is -2.11. The topological polar surface area (TPSA) is 55.1 Å². The van der Waals surface area contributed by atoms with Crippen LogP contribution in [0.25, 0.3) is 5.69 Å². The number of benzene rings is 1. The van der Waals surface area contributed by atoms with Gasteiger partial charge in [-0.15, -0.1) is 5.10 Å². The second kappa shape index (κ2) is 3.20. The molecule has 0 bridgehead atoms. The van der Waals surface area contributed by atoms with Gasteiger partial charge in [-0.1, -0.05) is 23.4 Å². The van der Waals surface area contributed by atoms with Gasteiger partial charge in [-0.05, 0) is 12.1 Å². The summed E-state index contributed by atoms with van der Waals surface area (Å²) in [5.41, 5.74) is 1.78. The van der Waals surface area contributed by atoms with Gasteiger partial charge in [0.25, 0.3) is 0 Å². The normalized spacial score (nSPS) is 13.3. The van der Waals surface area contributed by atoms with E-state index in [-0.39, 0.29) is 0 Å². The fourth-order valence-corrected chi connectivity index (χ4v) is 1.55. The summed E-state index contributed by atoms with van der Waals surface area (Å²) in [5, 5.41) is 11.3. The van der Waals surface area contributed by atoms with Gasteiger partial charge >= 0.3 is 0 Å². The van der Waals surface area contributed by atoms with Crippen LogP contribution >= 0.6 is 0 Å². The molecular weight excluding hydrogens is 190 g/mol. The molecule has 0 unspecified atom stereocenters. The van der Waals surface area contributed by atoms with Crippen LogP contribution < -0.4 is 5.32 Å². The summed E-state index contributed by atoms with van der Waals surface area (Å²) >= 11 is 0. The molecule has 0 spiro atoms. The highest BCUT2D eigenvalue weighted by Crippen LogP contribution is 2.18. The van der Waals surface area contributed by atoms with E-state index in [1.54, 1.807) is 10.9 Å². The van der Waals surface area contributed by atoms with Crippen LogP contribution in [0.4, 0.5) is 5.82 Å². The van der Waals surface area contributed by atoms with E-state index in [2.05, 4.69) is 20.6 Å². The lowest BCUT2D eigenvalue weighted by Gasteiger charge is -2.09. The lowest BCUT2D eigenvalue weighted by atomic mass is 10.3. The highest BCUT2D eigenvalue weighted by atomic mass is 15.5. The Hall–Kier alpha value is -2.17. The number of hydrogen-bond donors (Lipinski definition) is 1. The van der Waals surface area contributed by atoms with Gasteiger partial charge in [0, 0.05) is 0 Å². The minimum Gasteiger partial charge on any atom is -0.349 e. The first-order valence-electron chi connectivity index (χ1n) is 4.70. The second-order valence-electron chi connectivity index (χ2n) is 3.22. The summed E-state index contributed by atoms with van der Waals surface area (Å²) in [6, 6.07) is 9.90. The molecule has 0 amide bonds. The van der Waals surface area contributed by atoms with E-state index in [9.17, 15) is 0 Å². The molecule has 15 heavy (non-hydrogen) atoms. The number of nitrogens with zero attached hydrogens (tertiary/aromatic N) is 4. The minimum absolute atomic E-state index is 0.577. The smallest absolute Gasteiger partial charge is 0.160 e. The van der Waals surface area contributed by atoms with E-state index >= 15 is 0 Å². The van der Waals surface area contributed by atoms with E-state index < -0.39 is 0 Å². The van der Waals surface area contributed by atoms with Crippen LogP contribution in [0.15, 0.2) is 35.3 Å². The number of aliphatic imine (C=N–C) groups is 1. The molecule has 1 aromatic carbocycles. The zero-order valence-corrected chi connectivity index (χ0v) is 7.96. The van der Waals surface area contributed by atoms with Crippen LogP contribution in [0.5, 0.6) is 0 Å². The molecule has 2 heterocycles. The first-order chi connectivity index (χ1) is 7.45. The van der Waals surface area contributed by atoms with Crippen molar-refractivity contribution in [1.82, 2.24) is 15.0 Å². The molecule has 1 N–H and O–H groups in total. The van der Waals surface area contributed by atoms with E-state index in [4.69, 9.17) is 0 Å². The maximum atomic E-state index is 4.08. The van der Waals surface area contributed by atoms with Crippen molar-refractivity contribution >= 4 is 12.0 Å². The monoisotopic (exact) mass is 199 g/mol. The molecule has 5 heteroatoms. The summed E-state index contributed by atoms with van der Waals surface area (Å²) < 4.78 is 1.78. The summed E-state index contributed by atoms with van der Waals surface area (Å²) in [5.74, 6) is 0.899. The highest BCUT2D eigenvalue weighted by molar-refractivity contribution is 5.85. The standard InChI is InChI=1S/C10H9N5/c1-2-4-8(5-3-1)15-10-9(13-14-15)6-11-7-12-10/h1-6,12H,7H2. The number of aromatic nitrogens is 3. The number of rotatable bonds is 1. The zero-order valence-electron chi connectivity index (χ0n) is 7.96. The van der Waals surface area contributed by atoms with Gasteiger partial charge in [0.2, 0.25) is 0 Å². The maximum absolute atomic E-state index is 4.08.